The van der Waals surface area contributed by atoms with Crippen molar-refractivity contribution >= 4 is 5.96 Å². The summed E-state index contributed by atoms with van der Waals surface area (Å²) in [6.45, 7) is 4.31. The molecule has 5 heteroatoms. The standard InChI is InChI=1S/C15H21F2N3/c1-11-4-3-9-20(10-11)15(18)19-8-7-12-13(16)5-2-6-14(12)17/h2,5-6,11H,3-4,7-10H2,1H3,(H2,18,19). The molecule has 110 valence electrons. The van der Waals surface area contributed by atoms with Crippen LogP contribution in [0.4, 0.5) is 8.78 Å². The molecular formula is C15H21F2N3. The summed E-state index contributed by atoms with van der Waals surface area (Å²) in [5, 5.41) is 0. The minimum Gasteiger partial charge on any atom is -0.370 e. The third-order valence-electron chi connectivity index (χ3n) is 3.68. The number of guanidine groups is 1. The zero-order valence-corrected chi connectivity index (χ0v) is 11.8. The van der Waals surface area contributed by atoms with Crippen LogP contribution < -0.4 is 5.73 Å². The Labute approximate surface area is 118 Å². The highest BCUT2D eigenvalue weighted by molar-refractivity contribution is 5.78. The summed E-state index contributed by atoms with van der Waals surface area (Å²) in [5.74, 6) is 0.0468. The smallest absolute Gasteiger partial charge is 0.191 e. The van der Waals surface area contributed by atoms with Crippen LogP contribution in [0, 0.1) is 17.6 Å². The molecule has 1 aromatic carbocycles. The van der Waals surface area contributed by atoms with E-state index in [4.69, 9.17) is 5.73 Å². The molecule has 1 saturated heterocycles. The zero-order chi connectivity index (χ0) is 14.5. The maximum atomic E-state index is 13.5. The highest BCUT2D eigenvalue weighted by atomic mass is 19.1. The fourth-order valence-corrected chi connectivity index (χ4v) is 2.55. The Bertz CT molecular complexity index is 468. The van der Waals surface area contributed by atoms with Crippen LogP contribution in [0.25, 0.3) is 0 Å². The van der Waals surface area contributed by atoms with E-state index in [1.807, 2.05) is 4.90 Å². The molecule has 0 amide bonds. The first kappa shape index (κ1) is 14.8. The van der Waals surface area contributed by atoms with Gasteiger partial charge in [-0.25, -0.2) is 8.78 Å². The number of likely N-dealkylation sites (tertiary alicyclic amines) is 1. The second-order valence-corrected chi connectivity index (χ2v) is 5.38. The van der Waals surface area contributed by atoms with Crippen LogP contribution in [0.1, 0.15) is 25.3 Å². The fraction of sp³-hybridized carbons (Fsp3) is 0.533. The maximum Gasteiger partial charge on any atom is 0.191 e. The largest absolute Gasteiger partial charge is 0.370 e. The van der Waals surface area contributed by atoms with Crippen LogP contribution in [-0.4, -0.2) is 30.5 Å². The first-order valence-corrected chi connectivity index (χ1v) is 7.05. The lowest BCUT2D eigenvalue weighted by Gasteiger charge is -2.31. The highest BCUT2D eigenvalue weighted by Crippen LogP contribution is 2.15. The summed E-state index contributed by atoms with van der Waals surface area (Å²) >= 11 is 0. The molecule has 0 bridgehead atoms. The van der Waals surface area contributed by atoms with E-state index in [9.17, 15) is 8.78 Å². The molecular weight excluding hydrogens is 260 g/mol. The van der Waals surface area contributed by atoms with Crippen molar-refractivity contribution < 1.29 is 8.78 Å². The van der Waals surface area contributed by atoms with Crippen LogP contribution in [0.3, 0.4) is 0 Å². The Hall–Kier alpha value is -1.65. The molecule has 1 unspecified atom stereocenters. The first-order valence-electron chi connectivity index (χ1n) is 7.05. The van der Waals surface area contributed by atoms with Crippen molar-refractivity contribution in [2.45, 2.75) is 26.2 Å². The zero-order valence-electron chi connectivity index (χ0n) is 11.8. The molecule has 2 rings (SSSR count). The highest BCUT2D eigenvalue weighted by Gasteiger charge is 2.17. The molecule has 2 N–H and O–H groups in total. The Morgan fingerprint density at radius 3 is 2.75 bits per heavy atom. The molecule has 1 fully saturated rings. The van der Waals surface area contributed by atoms with Gasteiger partial charge in [-0.05, 0) is 37.3 Å². The van der Waals surface area contributed by atoms with Gasteiger partial charge in [0.2, 0.25) is 0 Å². The summed E-state index contributed by atoms with van der Waals surface area (Å²) in [7, 11) is 0. The summed E-state index contributed by atoms with van der Waals surface area (Å²) < 4.78 is 26.9. The number of rotatable bonds is 3. The van der Waals surface area contributed by atoms with Crippen molar-refractivity contribution in [1.29, 1.82) is 0 Å². The van der Waals surface area contributed by atoms with Gasteiger partial charge in [-0.1, -0.05) is 13.0 Å². The molecule has 3 nitrogen and oxygen atoms in total. The number of nitrogens with zero attached hydrogens (tertiary/aromatic N) is 2. The van der Waals surface area contributed by atoms with Crippen molar-refractivity contribution in [3.8, 4) is 0 Å². The lowest BCUT2D eigenvalue weighted by Crippen LogP contribution is -2.43. The molecule has 1 atom stereocenters. The molecule has 1 heterocycles. The monoisotopic (exact) mass is 281 g/mol. The van der Waals surface area contributed by atoms with Crippen LogP contribution in [0.2, 0.25) is 0 Å². The van der Waals surface area contributed by atoms with Gasteiger partial charge < -0.3 is 10.6 Å². The second-order valence-electron chi connectivity index (χ2n) is 5.38. The number of halogens is 2. The molecule has 0 aliphatic carbocycles. The van der Waals surface area contributed by atoms with Crippen LogP contribution >= 0.6 is 0 Å². The number of hydrogen-bond donors (Lipinski definition) is 1. The Morgan fingerprint density at radius 2 is 2.10 bits per heavy atom. The van der Waals surface area contributed by atoms with Gasteiger partial charge in [0.1, 0.15) is 11.6 Å². The number of nitrogens with two attached hydrogens (primary N) is 1. The van der Waals surface area contributed by atoms with Gasteiger partial charge in [0, 0.05) is 25.2 Å². The number of hydrogen-bond acceptors (Lipinski definition) is 1. The molecule has 1 aliphatic heterocycles. The molecule has 1 aliphatic rings. The van der Waals surface area contributed by atoms with E-state index in [1.54, 1.807) is 0 Å². The summed E-state index contributed by atoms with van der Waals surface area (Å²) in [4.78, 5) is 6.29. The van der Waals surface area contributed by atoms with E-state index in [0.717, 1.165) is 19.5 Å². The quantitative estimate of drug-likeness (QED) is 0.683. The van der Waals surface area contributed by atoms with Crippen molar-refractivity contribution in [2.24, 2.45) is 16.6 Å². The van der Waals surface area contributed by atoms with Gasteiger partial charge in [0.25, 0.3) is 0 Å². The molecule has 20 heavy (non-hydrogen) atoms. The van der Waals surface area contributed by atoms with E-state index in [-0.39, 0.29) is 12.0 Å². The lowest BCUT2D eigenvalue weighted by atomic mass is 10.0. The minimum atomic E-state index is -0.523. The van der Waals surface area contributed by atoms with Crippen LogP contribution in [0.15, 0.2) is 23.2 Å². The molecule has 0 aromatic heterocycles. The topological polar surface area (TPSA) is 41.6 Å². The summed E-state index contributed by atoms with van der Waals surface area (Å²) in [5.41, 5.74) is 6.02. The van der Waals surface area contributed by atoms with Crippen molar-refractivity contribution in [3.63, 3.8) is 0 Å². The molecule has 0 saturated carbocycles. The second kappa shape index (κ2) is 6.68. The SMILES string of the molecule is CC1CCCN(C(N)=NCCc2c(F)cccc2F)C1. The molecule has 0 spiro atoms. The van der Waals surface area contributed by atoms with Gasteiger partial charge in [-0.15, -0.1) is 0 Å². The van der Waals surface area contributed by atoms with Crippen molar-refractivity contribution in [2.75, 3.05) is 19.6 Å². The summed E-state index contributed by atoms with van der Waals surface area (Å²) in [6.07, 6.45) is 2.55. The predicted octanol–water partition coefficient (Wildman–Crippen LogP) is 2.55. The third-order valence-corrected chi connectivity index (χ3v) is 3.68. The van der Waals surface area contributed by atoms with E-state index < -0.39 is 11.6 Å². The van der Waals surface area contributed by atoms with Gasteiger partial charge in [-0.3, -0.25) is 4.99 Å². The first-order chi connectivity index (χ1) is 9.58. The van der Waals surface area contributed by atoms with Gasteiger partial charge >= 0.3 is 0 Å². The van der Waals surface area contributed by atoms with Crippen LogP contribution in [0.5, 0.6) is 0 Å². The van der Waals surface area contributed by atoms with Gasteiger partial charge in [-0.2, -0.15) is 0 Å². The normalized spacial score (nSPS) is 20.2. The average molecular weight is 281 g/mol. The lowest BCUT2D eigenvalue weighted by molar-refractivity contribution is 0.270. The van der Waals surface area contributed by atoms with Gasteiger partial charge in [0.05, 0.1) is 0 Å². The van der Waals surface area contributed by atoms with E-state index in [2.05, 4.69) is 11.9 Å². The third kappa shape index (κ3) is 3.68. The van der Waals surface area contributed by atoms with E-state index in [1.165, 1.54) is 24.6 Å². The van der Waals surface area contributed by atoms with Gasteiger partial charge in [0.15, 0.2) is 5.96 Å². The Morgan fingerprint density at radius 1 is 1.40 bits per heavy atom. The van der Waals surface area contributed by atoms with Crippen LogP contribution in [-0.2, 0) is 6.42 Å². The van der Waals surface area contributed by atoms with E-state index in [0.29, 0.717) is 18.4 Å². The number of aliphatic imine (C=N–C) groups is 1. The predicted molar refractivity (Wildman–Crippen MR) is 76.5 cm³/mol. The fourth-order valence-electron chi connectivity index (χ4n) is 2.55. The number of piperidine rings is 1. The molecule has 1 aromatic rings. The minimum absolute atomic E-state index is 0.0797. The Kier molecular flexibility index (Phi) is 4.93. The molecule has 0 radical (unpaired) electrons. The average Bonchev–Trinajstić information content (AvgIpc) is 2.42. The van der Waals surface area contributed by atoms with Crippen molar-refractivity contribution in [1.82, 2.24) is 4.90 Å². The summed E-state index contributed by atoms with van der Waals surface area (Å²) in [6, 6.07) is 3.89. The maximum absolute atomic E-state index is 13.5. The van der Waals surface area contributed by atoms with E-state index >= 15 is 0 Å². The Balaban J connectivity index is 1.92. The van der Waals surface area contributed by atoms with Crippen molar-refractivity contribution in [3.05, 3.63) is 35.4 Å². The number of benzene rings is 1.